The van der Waals surface area contributed by atoms with Crippen molar-refractivity contribution in [3.8, 4) is 12.1 Å². The van der Waals surface area contributed by atoms with Gasteiger partial charge in [0.25, 0.3) is 0 Å². The van der Waals surface area contributed by atoms with E-state index >= 15 is 0 Å². The number of nitrogens with zero attached hydrogens (tertiary/aromatic N) is 8. The Morgan fingerprint density at radius 2 is 1.11 bits per heavy atom. The van der Waals surface area contributed by atoms with Gasteiger partial charge in [-0.05, 0) is 24.3 Å². The molecule has 0 bridgehead atoms. The molecule has 0 radical (unpaired) electrons. The summed E-state index contributed by atoms with van der Waals surface area (Å²) in [5.74, 6) is 1.93. The summed E-state index contributed by atoms with van der Waals surface area (Å²) in [5.41, 5.74) is 1.18. The van der Waals surface area contributed by atoms with Crippen molar-refractivity contribution in [2.45, 2.75) is 0 Å². The summed E-state index contributed by atoms with van der Waals surface area (Å²) >= 11 is 0. The van der Waals surface area contributed by atoms with E-state index in [1.165, 1.54) is 0 Å². The largest absolute Gasteiger partial charge is 0.354 e. The number of rotatable bonds is 8. The lowest BCUT2D eigenvalue weighted by molar-refractivity contribution is 0.267. The molecule has 0 aromatic carbocycles. The van der Waals surface area contributed by atoms with E-state index in [9.17, 15) is 8.42 Å². The van der Waals surface area contributed by atoms with Crippen molar-refractivity contribution in [3.63, 3.8) is 0 Å². The fourth-order valence-electron chi connectivity index (χ4n) is 4.36. The molecule has 2 aliphatic heterocycles. The molecule has 2 fully saturated rings. The van der Waals surface area contributed by atoms with E-state index < -0.39 is 9.84 Å². The van der Waals surface area contributed by atoms with E-state index in [0.717, 1.165) is 64.0 Å². The molecular formula is C24H30N8O2S. The third-order valence-corrected chi connectivity index (χ3v) is 8.19. The molecule has 0 amide bonds. The highest BCUT2D eigenvalue weighted by Crippen LogP contribution is 2.16. The molecule has 0 aliphatic carbocycles. The van der Waals surface area contributed by atoms with Crippen molar-refractivity contribution < 1.29 is 8.42 Å². The molecule has 10 nitrogen and oxygen atoms in total. The van der Waals surface area contributed by atoms with Gasteiger partial charge in [0.05, 0.1) is 34.8 Å². The molecule has 2 saturated heterocycles. The third kappa shape index (κ3) is 6.89. The Labute approximate surface area is 206 Å². The first kappa shape index (κ1) is 24.9. The predicted molar refractivity (Wildman–Crippen MR) is 134 cm³/mol. The van der Waals surface area contributed by atoms with Gasteiger partial charge in [-0.3, -0.25) is 9.80 Å². The summed E-state index contributed by atoms with van der Waals surface area (Å²) in [6, 6.07) is 11.2. The van der Waals surface area contributed by atoms with Gasteiger partial charge in [0.2, 0.25) is 0 Å². The first-order valence-electron chi connectivity index (χ1n) is 11.8. The first-order valence-corrected chi connectivity index (χ1v) is 13.7. The van der Waals surface area contributed by atoms with Crippen LogP contribution in [0.2, 0.25) is 0 Å². The average Bonchev–Trinajstić information content (AvgIpc) is 2.91. The van der Waals surface area contributed by atoms with Gasteiger partial charge in [0.15, 0.2) is 9.84 Å². The number of hydrogen-bond donors (Lipinski definition) is 0. The summed E-state index contributed by atoms with van der Waals surface area (Å²) in [6.07, 6.45) is 3.30. The van der Waals surface area contributed by atoms with Crippen LogP contribution in [0.15, 0.2) is 36.7 Å². The highest BCUT2D eigenvalue weighted by Gasteiger charge is 2.23. The molecule has 11 heteroatoms. The monoisotopic (exact) mass is 494 g/mol. The SMILES string of the molecule is N#Cc1ccnc(N2CCN(CCS(=O)(=O)CCN3CCN(c4cc(C#N)ccn4)CC3)CC2)c1. The molecule has 2 aromatic heterocycles. The van der Waals surface area contributed by atoms with E-state index in [1.54, 1.807) is 36.7 Å². The van der Waals surface area contributed by atoms with Crippen LogP contribution in [0.4, 0.5) is 11.6 Å². The minimum Gasteiger partial charge on any atom is -0.354 e. The number of pyridine rings is 2. The predicted octanol–water partition coefficient (Wildman–Crippen LogP) is 0.579. The average molecular weight is 495 g/mol. The van der Waals surface area contributed by atoms with Crippen molar-refractivity contribution in [2.24, 2.45) is 0 Å². The summed E-state index contributed by atoms with van der Waals surface area (Å²) in [5, 5.41) is 18.1. The Kier molecular flexibility index (Phi) is 8.13. The van der Waals surface area contributed by atoms with E-state index in [4.69, 9.17) is 10.5 Å². The standard InChI is InChI=1S/C24H30N8O2S/c25-19-21-1-3-27-23(17-21)31-9-5-29(6-10-31)13-15-35(33,34)16-14-30-7-11-32(12-8-30)24-18-22(20-26)2-4-28-24/h1-4,17-18H,5-16H2. The van der Waals surface area contributed by atoms with Crippen LogP contribution in [-0.4, -0.2) is 105 Å². The zero-order valence-electron chi connectivity index (χ0n) is 19.8. The van der Waals surface area contributed by atoms with Crippen molar-refractivity contribution in [1.82, 2.24) is 19.8 Å². The number of nitriles is 2. The van der Waals surface area contributed by atoms with Crippen LogP contribution in [0.5, 0.6) is 0 Å². The molecule has 0 spiro atoms. The molecular weight excluding hydrogens is 464 g/mol. The molecule has 184 valence electrons. The maximum Gasteiger partial charge on any atom is 0.152 e. The van der Waals surface area contributed by atoms with Gasteiger partial charge in [-0.2, -0.15) is 10.5 Å². The lowest BCUT2D eigenvalue weighted by Gasteiger charge is -2.36. The Morgan fingerprint density at radius 1 is 0.714 bits per heavy atom. The second-order valence-corrected chi connectivity index (χ2v) is 11.1. The van der Waals surface area contributed by atoms with Crippen LogP contribution >= 0.6 is 0 Å². The minimum absolute atomic E-state index is 0.167. The third-order valence-electron chi connectivity index (χ3n) is 6.58. The first-order chi connectivity index (χ1) is 17.0. The highest BCUT2D eigenvalue weighted by atomic mass is 32.2. The molecule has 0 atom stereocenters. The van der Waals surface area contributed by atoms with Crippen LogP contribution in [0, 0.1) is 22.7 Å². The van der Waals surface area contributed by atoms with Crippen molar-refractivity contribution in [1.29, 1.82) is 10.5 Å². The summed E-state index contributed by atoms with van der Waals surface area (Å²) in [6.45, 7) is 7.22. The Balaban J connectivity index is 1.16. The van der Waals surface area contributed by atoms with Gasteiger partial charge in [0, 0.05) is 77.8 Å². The topological polar surface area (TPSA) is 120 Å². The van der Waals surface area contributed by atoms with Crippen LogP contribution in [-0.2, 0) is 9.84 Å². The molecule has 35 heavy (non-hydrogen) atoms. The van der Waals surface area contributed by atoms with Gasteiger partial charge in [-0.15, -0.1) is 0 Å². The minimum atomic E-state index is -3.14. The van der Waals surface area contributed by atoms with E-state index in [2.05, 4.69) is 41.7 Å². The number of sulfone groups is 1. The molecule has 0 N–H and O–H groups in total. The number of piperazine rings is 2. The smallest absolute Gasteiger partial charge is 0.152 e. The molecule has 0 unspecified atom stereocenters. The van der Waals surface area contributed by atoms with Crippen LogP contribution in [0.1, 0.15) is 11.1 Å². The zero-order valence-corrected chi connectivity index (χ0v) is 20.6. The zero-order chi connectivity index (χ0) is 24.7. The molecule has 2 aliphatic rings. The Hall–Kier alpha value is -3.25. The van der Waals surface area contributed by atoms with Crippen LogP contribution < -0.4 is 9.80 Å². The molecule has 4 rings (SSSR count). The van der Waals surface area contributed by atoms with Gasteiger partial charge < -0.3 is 9.80 Å². The molecule has 4 heterocycles. The van der Waals surface area contributed by atoms with Crippen LogP contribution in [0.3, 0.4) is 0 Å². The maximum absolute atomic E-state index is 12.7. The Morgan fingerprint density at radius 3 is 1.49 bits per heavy atom. The number of anilines is 2. The van der Waals surface area contributed by atoms with E-state index in [0.29, 0.717) is 24.2 Å². The van der Waals surface area contributed by atoms with Gasteiger partial charge in [-0.1, -0.05) is 0 Å². The fourth-order valence-corrected chi connectivity index (χ4v) is 5.64. The number of aromatic nitrogens is 2. The van der Waals surface area contributed by atoms with Crippen molar-refractivity contribution in [3.05, 3.63) is 47.8 Å². The van der Waals surface area contributed by atoms with E-state index in [-0.39, 0.29) is 11.5 Å². The lowest BCUT2D eigenvalue weighted by atomic mass is 10.2. The quantitative estimate of drug-likeness (QED) is 0.515. The van der Waals surface area contributed by atoms with Gasteiger partial charge >= 0.3 is 0 Å². The van der Waals surface area contributed by atoms with Crippen LogP contribution in [0.25, 0.3) is 0 Å². The summed E-state index contributed by atoms with van der Waals surface area (Å²) in [4.78, 5) is 17.4. The van der Waals surface area contributed by atoms with Gasteiger partial charge in [-0.25, -0.2) is 18.4 Å². The van der Waals surface area contributed by atoms with Crippen molar-refractivity contribution in [2.75, 3.05) is 86.8 Å². The highest BCUT2D eigenvalue weighted by molar-refractivity contribution is 7.91. The Bertz CT molecular complexity index is 1100. The summed E-state index contributed by atoms with van der Waals surface area (Å²) < 4.78 is 25.3. The maximum atomic E-state index is 12.7. The second kappa shape index (κ2) is 11.5. The second-order valence-electron chi connectivity index (χ2n) is 8.84. The van der Waals surface area contributed by atoms with Gasteiger partial charge in [0.1, 0.15) is 11.6 Å². The molecule has 2 aromatic rings. The molecule has 0 saturated carbocycles. The number of hydrogen-bond acceptors (Lipinski definition) is 10. The normalized spacial score (nSPS) is 17.7. The lowest BCUT2D eigenvalue weighted by Crippen LogP contribution is -2.49. The fraction of sp³-hybridized carbons (Fsp3) is 0.500. The van der Waals surface area contributed by atoms with E-state index in [1.807, 2.05) is 0 Å². The van der Waals surface area contributed by atoms with Crippen molar-refractivity contribution >= 4 is 21.5 Å². The summed E-state index contributed by atoms with van der Waals surface area (Å²) in [7, 11) is -3.14.